The molecular formula is C22H28N8OS. The van der Waals surface area contributed by atoms with Gasteiger partial charge in [-0.3, -0.25) is 5.32 Å². The molecule has 1 saturated heterocycles. The van der Waals surface area contributed by atoms with Gasteiger partial charge in [-0.15, -0.1) is 0 Å². The molecule has 0 radical (unpaired) electrons. The molecular weight excluding hydrogens is 424 g/mol. The van der Waals surface area contributed by atoms with E-state index in [1.807, 2.05) is 17.2 Å². The van der Waals surface area contributed by atoms with E-state index in [2.05, 4.69) is 55.4 Å². The van der Waals surface area contributed by atoms with E-state index >= 15 is 0 Å². The third-order valence-electron chi connectivity index (χ3n) is 8.01. The van der Waals surface area contributed by atoms with Crippen molar-refractivity contribution in [1.29, 1.82) is 0 Å². The first-order valence-corrected chi connectivity index (χ1v) is 12.0. The van der Waals surface area contributed by atoms with Gasteiger partial charge in [0.1, 0.15) is 23.6 Å². The minimum Gasteiger partial charge on any atom is -0.356 e. The lowest BCUT2D eigenvalue weighted by molar-refractivity contribution is 0.184. The van der Waals surface area contributed by atoms with E-state index in [1.54, 1.807) is 6.33 Å². The van der Waals surface area contributed by atoms with Crippen molar-refractivity contribution < 1.29 is 4.79 Å². The van der Waals surface area contributed by atoms with E-state index in [0.717, 1.165) is 61.4 Å². The van der Waals surface area contributed by atoms with Gasteiger partial charge in [0.2, 0.25) is 5.13 Å². The summed E-state index contributed by atoms with van der Waals surface area (Å²) in [5, 5.41) is 4.65. The van der Waals surface area contributed by atoms with Crippen LogP contribution in [0.2, 0.25) is 0 Å². The Hall–Kier alpha value is -2.75. The van der Waals surface area contributed by atoms with Crippen LogP contribution in [0, 0.1) is 10.8 Å². The van der Waals surface area contributed by atoms with Crippen molar-refractivity contribution in [1.82, 2.24) is 29.2 Å². The fourth-order valence-corrected chi connectivity index (χ4v) is 6.35. The second kappa shape index (κ2) is 6.87. The van der Waals surface area contributed by atoms with E-state index in [1.165, 1.54) is 11.5 Å². The highest BCUT2D eigenvalue weighted by Gasteiger charge is 2.59. The maximum atomic E-state index is 13.0. The van der Waals surface area contributed by atoms with Gasteiger partial charge >= 0.3 is 6.03 Å². The zero-order valence-corrected chi connectivity index (χ0v) is 19.4. The minimum absolute atomic E-state index is 0.0495. The first kappa shape index (κ1) is 19.9. The fraction of sp³-hybridized carbons (Fsp3) is 0.591. The van der Waals surface area contributed by atoms with Gasteiger partial charge < -0.3 is 14.8 Å². The maximum Gasteiger partial charge on any atom is 0.323 e. The predicted molar refractivity (Wildman–Crippen MR) is 124 cm³/mol. The number of carbonyl (C=O) groups excluding carboxylic acids is 1. The van der Waals surface area contributed by atoms with Crippen molar-refractivity contribution in [2.24, 2.45) is 10.8 Å². The molecule has 3 atom stereocenters. The monoisotopic (exact) mass is 452 g/mol. The van der Waals surface area contributed by atoms with Crippen molar-refractivity contribution in [2.75, 3.05) is 30.4 Å². The number of anilines is 2. The number of aromatic amines is 1. The van der Waals surface area contributed by atoms with Gasteiger partial charge in [0.15, 0.2) is 0 Å². The van der Waals surface area contributed by atoms with E-state index < -0.39 is 0 Å². The summed E-state index contributed by atoms with van der Waals surface area (Å²) in [5.41, 5.74) is 0.962. The summed E-state index contributed by atoms with van der Waals surface area (Å²) in [5.74, 6) is 2.34. The molecule has 0 aromatic carbocycles. The van der Waals surface area contributed by atoms with Crippen molar-refractivity contribution in [2.45, 2.75) is 51.5 Å². The molecule has 3 aromatic rings. The summed E-state index contributed by atoms with van der Waals surface area (Å²) in [6, 6.07) is 2.34. The van der Waals surface area contributed by atoms with E-state index in [0.29, 0.717) is 17.1 Å². The molecule has 3 aliphatic rings. The van der Waals surface area contributed by atoms with Crippen LogP contribution in [0.4, 0.5) is 15.7 Å². The average Bonchev–Trinajstić information content (AvgIpc) is 3.09. The molecule has 0 spiro atoms. The van der Waals surface area contributed by atoms with Gasteiger partial charge in [0, 0.05) is 49.8 Å². The number of amides is 2. The lowest BCUT2D eigenvalue weighted by atomic mass is 9.71. The van der Waals surface area contributed by atoms with Crippen LogP contribution >= 0.6 is 11.5 Å². The Kier molecular flexibility index (Phi) is 4.27. The highest BCUT2D eigenvalue weighted by Crippen LogP contribution is 2.58. The van der Waals surface area contributed by atoms with Crippen molar-refractivity contribution in [3.05, 3.63) is 24.4 Å². The van der Waals surface area contributed by atoms with Crippen molar-refractivity contribution in [3.8, 4) is 0 Å². The van der Waals surface area contributed by atoms with E-state index in [4.69, 9.17) is 0 Å². The summed E-state index contributed by atoms with van der Waals surface area (Å²) >= 11 is 1.29. The van der Waals surface area contributed by atoms with Gasteiger partial charge in [-0.1, -0.05) is 13.8 Å². The molecule has 0 bridgehead atoms. The number of carbonyl (C=O) groups is 1. The number of nitrogens with zero attached hydrogens (tertiary/aromatic N) is 6. The highest BCUT2D eigenvalue weighted by atomic mass is 32.1. The SMILES string of the molecule is CN(c1ncnc2[nH]ccc12)[C@@H]1C[C@@]2(C)CN(C(=O)Nc3nc(C4CC4)ns3)C[C@@]2(C)C1. The summed E-state index contributed by atoms with van der Waals surface area (Å²) in [7, 11) is 2.13. The molecule has 2 N–H and O–H groups in total. The lowest BCUT2D eigenvalue weighted by Crippen LogP contribution is -2.38. The number of urea groups is 1. The quantitative estimate of drug-likeness (QED) is 0.623. The van der Waals surface area contributed by atoms with Gasteiger partial charge in [0.25, 0.3) is 0 Å². The molecule has 6 rings (SSSR count). The molecule has 2 amide bonds. The molecule has 2 saturated carbocycles. The molecule has 168 valence electrons. The van der Waals surface area contributed by atoms with Gasteiger partial charge in [0.05, 0.1) is 5.39 Å². The predicted octanol–water partition coefficient (Wildman–Crippen LogP) is 3.85. The fourth-order valence-electron chi connectivity index (χ4n) is 5.71. The maximum absolute atomic E-state index is 13.0. The molecule has 32 heavy (non-hydrogen) atoms. The first-order chi connectivity index (χ1) is 15.4. The largest absolute Gasteiger partial charge is 0.356 e. The molecule has 0 unspecified atom stereocenters. The Labute approximate surface area is 190 Å². The number of fused-ring (bicyclic) bond motifs is 2. The number of nitrogens with one attached hydrogen (secondary N) is 2. The summed E-state index contributed by atoms with van der Waals surface area (Å²) in [6.07, 6.45) is 7.89. The number of aromatic nitrogens is 5. The number of rotatable bonds is 4. The summed E-state index contributed by atoms with van der Waals surface area (Å²) < 4.78 is 4.40. The Bertz CT molecular complexity index is 1170. The van der Waals surface area contributed by atoms with Gasteiger partial charge in [-0.05, 0) is 42.6 Å². The van der Waals surface area contributed by atoms with E-state index in [-0.39, 0.29) is 16.9 Å². The molecule has 3 aromatic heterocycles. The third-order valence-corrected chi connectivity index (χ3v) is 8.65. The molecule has 10 heteroatoms. The molecule has 1 aliphatic heterocycles. The van der Waals surface area contributed by atoms with Crippen LogP contribution in [0.3, 0.4) is 0 Å². The Morgan fingerprint density at radius 3 is 2.72 bits per heavy atom. The van der Waals surface area contributed by atoms with Gasteiger partial charge in [-0.25, -0.2) is 19.7 Å². The topological polar surface area (TPSA) is 103 Å². The number of hydrogen-bond donors (Lipinski definition) is 2. The lowest BCUT2D eigenvalue weighted by Gasteiger charge is -2.31. The third kappa shape index (κ3) is 3.07. The summed E-state index contributed by atoms with van der Waals surface area (Å²) in [6.45, 7) is 6.15. The zero-order valence-electron chi connectivity index (χ0n) is 18.6. The average molecular weight is 453 g/mol. The van der Waals surface area contributed by atoms with Crippen LogP contribution in [0.5, 0.6) is 0 Å². The first-order valence-electron chi connectivity index (χ1n) is 11.3. The smallest absolute Gasteiger partial charge is 0.323 e. The number of likely N-dealkylation sites (tertiary alicyclic amines) is 1. The van der Waals surface area contributed by atoms with Crippen LogP contribution in [0.1, 0.15) is 51.3 Å². The Morgan fingerprint density at radius 1 is 1.25 bits per heavy atom. The second-order valence-corrected chi connectivity index (χ2v) is 11.0. The number of H-pyrrole nitrogens is 1. The zero-order chi connectivity index (χ0) is 22.1. The van der Waals surface area contributed by atoms with Crippen LogP contribution in [-0.4, -0.2) is 61.4 Å². The van der Waals surface area contributed by atoms with Crippen LogP contribution in [0.25, 0.3) is 11.0 Å². The van der Waals surface area contributed by atoms with Crippen LogP contribution in [-0.2, 0) is 0 Å². The van der Waals surface area contributed by atoms with Crippen LogP contribution in [0.15, 0.2) is 18.6 Å². The van der Waals surface area contributed by atoms with Crippen molar-refractivity contribution >= 4 is 39.5 Å². The van der Waals surface area contributed by atoms with Gasteiger partial charge in [-0.2, -0.15) is 4.37 Å². The second-order valence-electron chi connectivity index (χ2n) is 10.2. The Balaban J connectivity index is 1.16. The Morgan fingerprint density at radius 2 is 2.00 bits per heavy atom. The van der Waals surface area contributed by atoms with Crippen molar-refractivity contribution in [3.63, 3.8) is 0 Å². The summed E-state index contributed by atoms with van der Waals surface area (Å²) in [4.78, 5) is 33.8. The van der Waals surface area contributed by atoms with E-state index in [9.17, 15) is 4.79 Å². The highest BCUT2D eigenvalue weighted by molar-refractivity contribution is 7.09. The normalized spacial score (nSPS) is 29.5. The molecule has 4 heterocycles. The standard InChI is InChI=1S/C22H28N8OS/c1-21-8-14(29(3)18-15-6-7-23-17(15)24-12-25-18)9-22(21,2)11-30(10-21)20(31)27-19-26-16(28-32-19)13-4-5-13/h6-7,12-14H,4-5,8-11H2,1-3H3,(H,23,24,25)(H,26,27,28,31)/t14-,21+,22-. The molecule has 3 fully saturated rings. The minimum atomic E-state index is -0.0601. The molecule has 9 nitrogen and oxygen atoms in total. The van der Waals surface area contributed by atoms with Crippen LogP contribution < -0.4 is 10.2 Å². The molecule has 2 aliphatic carbocycles. The number of hydrogen-bond acceptors (Lipinski definition) is 7.